The SMILES string of the molecule is CCCCSCCCC(C)OC. The molecule has 0 rings (SSSR count). The maximum Gasteiger partial charge on any atom is 0.0543 e. The van der Waals surface area contributed by atoms with Crippen LogP contribution < -0.4 is 0 Å². The van der Waals surface area contributed by atoms with Crippen molar-refractivity contribution in [3.63, 3.8) is 0 Å². The molecule has 12 heavy (non-hydrogen) atoms. The van der Waals surface area contributed by atoms with Crippen molar-refractivity contribution in [3.8, 4) is 0 Å². The maximum atomic E-state index is 5.17. The number of hydrogen-bond donors (Lipinski definition) is 0. The molecule has 74 valence electrons. The van der Waals surface area contributed by atoms with Gasteiger partial charge < -0.3 is 4.74 Å². The van der Waals surface area contributed by atoms with Gasteiger partial charge in [0, 0.05) is 7.11 Å². The highest BCUT2D eigenvalue weighted by Gasteiger charge is 1.97. The van der Waals surface area contributed by atoms with Gasteiger partial charge in [-0.2, -0.15) is 11.8 Å². The molecule has 0 aliphatic carbocycles. The summed E-state index contributed by atoms with van der Waals surface area (Å²) in [4.78, 5) is 0. The monoisotopic (exact) mass is 190 g/mol. The molecule has 0 amide bonds. The third-order valence-electron chi connectivity index (χ3n) is 1.94. The second kappa shape index (κ2) is 9.40. The standard InChI is InChI=1S/C10H22OS/c1-4-5-8-12-9-6-7-10(2)11-3/h10H,4-9H2,1-3H3. The predicted molar refractivity (Wildman–Crippen MR) is 57.9 cm³/mol. The van der Waals surface area contributed by atoms with E-state index in [1.807, 2.05) is 0 Å². The summed E-state index contributed by atoms with van der Waals surface area (Å²) in [7, 11) is 1.79. The van der Waals surface area contributed by atoms with Crippen molar-refractivity contribution in [2.75, 3.05) is 18.6 Å². The summed E-state index contributed by atoms with van der Waals surface area (Å²) in [5.74, 6) is 2.63. The average molecular weight is 190 g/mol. The highest BCUT2D eigenvalue weighted by atomic mass is 32.2. The van der Waals surface area contributed by atoms with E-state index in [1.165, 1.54) is 37.2 Å². The molecule has 0 aromatic heterocycles. The van der Waals surface area contributed by atoms with Crippen LogP contribution in [-0.4, -0.2) is 24.7 Å². The molecule has 0 heterocycles. The Hall–Kier alpha value is 0.310. The zero-order valence-corrected chi connectivity index (χ0v) is 9.45. The molecule has 0 aromatic carbocycles. The molecule has 0 fully saturated rings. The van der Waals surface area contributed by atoms with Crippen LogP contribution >= 0.6 is 11.8 Å². The average Bonchev–Trinajstić information content (AvgIpc) is 2.10. The van der Waals surface area contributed by atoms with E-state index in [0.717, 1.165) is 0 Å². The summed E-state index contributed by atoms with van der Waals surface area (Å²) in [5, 5.41) is 0. The van der Waals surface area contributed by atoms with Crippen molar-refractivity contribution < 1.29 is 4.74 Å². The fraction of sp³-hybridized carbons (Fsp3) is 1.00. The molecular weight excluding hydrogens is 168 g/mol. The van der Waals surface area contributed by atoms with Crippen LogP contribution in [0.2, 0.25) is 0 Å². The Bertz CT molecular complexity index is 85.9. The van der Waals surface area contributed by atoms with Crippen molar-refractivity contribution in [2.24, 2.45) is 0 Å². The van der Waals surface area contributed by atoms with Crippen LogP contribution in [0.25, 0.3) is 0 Å². The molecule has 0 aliphatic heterocycles. The van der Waals surface area contributed by atoms with Crippen LogP contribution in [0.15, 0.2) is 0 Å². The van der Waals surface area contributed by atoms with Crippen LogP contribution in [-0.2, 0) is 4.74 Å². The zero-order chi connectivity index (χ0) is 9.23. The summed E-state index contributed by atoms with van der Waals surface area (Å²) in [6, 6.07) is 0. The van der Waals surface area contributed by atoms with Crippen LogP contribution in [0.1, 0.15) is 39.5 Å². The predicted octanol–water partition coefficient (Wildman–Crippen LogP) is 3.33. The van der Waals surface area contributed by atoms with Crippen molar-refractivity contribution in [2.45, 2.75) is 45.6 Å². The summed E-state index contributed by atoms with van der Waals surface area (Å²) >= 11 is 2.07. The van der Waals surface area contributed by atoms with Gasteiger partial charge in [0.25, 0.3) is 0 Å². The quantitative estimate of drug-likeness (QED) is 0.543. The molecule has 0 aromatic rings. The van der Waals surface area contributed by atoms with Crippen LogP contribution in [0.3, 0.4) is 0 Å². The first-order chi connectivity index (χ1) is 5.81. The van der Waals surface area contributed by atoms with E-state index in [4.69, 9.17) is 4.74 Å². The molecule has 1 unspecified atom stereocenters. The first-order valence-electron chi connectivity index (χ1n) is 4.91. The van der Waals surface area contributed by atoms with E-state index in [2.05, 4.69) is 25.6 Å². The number of unbranched alkanes of at least 4 members (excludes halogenated alkanes) is 1. The van der Waals surface area contributed by atoms with Gasteiger partial charge in [0.1, 0.15) is 0 Å². The summed E-state index contributed by atoms with van der Waals surface area (Å²) in [6.07, 6.45) is 5.63. The van der Waals surface area contributed by atoms with Crippen molar-refractivity contribution >= 4 is 11.8 Å². The molecule has 0 N–H and O–H groups in total. The lowest BCUT2D eigenvalue weighted by atomic mass is 10.2. The van der Waals surface area contributed by atoms with Gasteiger partial charge in [-0.25, -0.2) is 0 Å². The lowest BCUT2D eigenvalue weighted by Crippen LogP contribution is -2.04. The van der Waals surface area contributed by atoms with Gasteiger partial charge in [-0.1, -0.05) is 13.3 Å². The van der Waals surface area contributed by atoms with Gasteiger partial charge in [0.15, 0.2) is 0 Å². The Morgan fingerprint density at radius 1 is 1.25 bits per heavy atom. The van der Waals surface area contributed by atoms with E-state index in [-0.39, 0.29) is 0 Å². The van der Waals surface area contributed by atoms with Gasteiger partial charge in [-0.05, 0) is 37.7 Å². The second-order valence-electron chi connectivity index (χ2n) is 3.15. The van der Waals surface area contributed by atoms with E-state index >= 15 is 0 Å². The third kappa shape index (κ3) is 8.41. The lowest BCUT2D eigenvalue weighted by Gasteiger charge is -2.07. The minimum Gasteiger partial charge on any atom is -0.382 e. The van der Waals surface area contributed by atoms with Gasteiger partial charge in [0.05, 0.1) is 6.10 Å². The molecule has 0 radical (unpaired) electrons. The molecule has 0 aliphatic rings. The maximum absolute atomic E-state index is 5.17. The van der Waals surface area contributed by atoms with Crippen LogP contribution in [0.5, 0.6) is 0 Å². The highest BCUT2D eigenvalue weighted by molar-refractivity contribution is 7.99. The van der Waals surface area contributed by atoms with Gasteiger partial charge in [-0.3, -0.25) is 0 Å². The molecule has 1 nitrogen and oxygen atoms in total. The molecule has 2 heteroatoms. The van der Waals surface area contributed by atoms with E-state index in [9.17, 15) is 0 Å². The number of hydrogen-bond acceptors (Lipinski definition) is 2. The van der Waals surface area contributed by atoms with E-state index < -0.39 is 0 Å². The number of rotatable bonds is 8. The van der Waals surface area contributed by atoms with Crippen molar-refractivity contribution in [3.05, 3.63) is 0 Å². The zero-order valence-electron chi connectivity index (χ0n) is 8.64. The first-order valence-corrected chi connectivity index (χ1v) is 6.07. The van der Waals surface area contributed by atoms with Crippen LogP contribution in [0, 0.1) is 0 Å². The molecule has 0 bridgehead atoms. The molecular formula is C10H22OS. The van der Waals surface area contributed by atoms with Crippen LogP contribution in [0.4, 0.5) is 0 Å². The molecule has 0 saturated heterocycles. The minimum atomic E-state index is 0.441. The summed E-state index contributed by atoms with van der Waals surface area (Å²) in [6.45, 7) is 4.38. The van der Waals surface area contributed by atoms with Gasteiger partial charge >= 0.3 is 0 Å². The first kappa shape index (κ1) is 12.3. The fourth-order valence-corrected chi connectivity index (χ4v) is 2.01. The Morgan fingerprint density at radius 2 is 1.92 bits per heavy atom. The Kier molecular flexibility index (Phi) is 9.64. The summed E-state index contributed by atoms with van der Waals surface area (Å²) in [5.41, 5.74) is 0. The largest absolute Gasteiger partial charge is 0.382 e. The topological polar surface area (TPSA) is 9.23 Å². The third-order valence-corrected chi connectivity index (χ3v) is 3.10. The normalized spacial score (nSPS) is 13.2. The molecule has 0 spiro atoms. The fourth-order valence-electron chi connectivity index (χ4n) is 0.939. The highest BCUT2D eigenvalue weighted by Crippen LogP contribution is 2.09. The van der Waals surface area contributed by atoms with Crippen molar-refractivity contribution in [1.29, 1.82) is 0 Å². The lowest BCUT2D eigenvalue weighted by molar-refractivity contribution is 0.110. The number of methoxy groups -OCH3 is 1. The second-order valence-corrected chi connectivity index (χ2v) is 4.38. The minimum absolute atomic E-state index is 0.441. The number of ether oxygens (including phenoxy) is 1. The molecule has 0 saturated carbocycles. The van der Waals surface area contributed by atoms with Crippen molar-refractivity contribution in [1.82, 2.24) is 0 Å². The van der Waals surface area contributed by atoms with E-state index in [0.29, 0.717) is 6.10 Å². The van der Waals surface area contributed by atoms with Gasteiger partial charge in [-0.15, -0.1) is 0 Å². The van der Waals surface area contributed by atoms with E-state index in [1.54, 1.807) is 7.11 Å². The Balaban J connectivity index is 2.90. The number of thioether (sulfide) groups is 1. The van der Waals surface area contributed by atoms with Gasteiger partial charge in [0.2, 0.25) is 0 Å². The Labute approximate surface area is 81.3 Å². The molecule has 1 atom stereocenters. The smallest absolute Gasteiger partial charge is 0.0543 e. The Morgan fingerprint density at radius 3 is 2.50 bits per heavy atom. The summed E-state index contributed by atoms with van der Waals surface area (Å²) < 4.78 is 5.17.